The molecule has 0 amide bonds. The minimum atomic E-state index is -4.69. The van der Waals surface area contributed by atoms with E-state index >= 15 is 0 Å². The fraction of sp³-hybridized carbons (Fsp3) is 0.167. The van der Waals surface area contributed by atoms with Crippen LogP contribution in [-0.4, -0.2) is 34.3 Å². The van der Waals surface area contributed by atoms with Gasteiger partial charge in [0.15, 0.2) is 11.5 Å². The van der Waals surface area contributed by atoms with Gasteiger partial charge in [0, 0.05) is 21.4 Å². The van der Waals surface area contributed by atoms with Gasteiger partial charge in [0.2, 0.25) is 12.5 Å². The first-order valence-corrected chi connectivity index (χ1v) is 11.8. The predicted octanol–water partition coefficient (Wildman–Crippen LogP) is 4.41. The molecule has 3 aromatic rings. The molecule has 0 atom stereocenters. The summed E-state index contributed by atoms with van der Waals surface area (Å²) in [4.78, 5) is 19.1. The molecule has 0 saturated carbocycles. The second-order valence-electron chi connectivity index (χ2n) is 5.94. The van der Waals surface area contributed by atoms with Gasteiger partial charge < -0.3 is 18.7 Å². The van der Waals surface area contributed by atoms with Crippen molar-refractivity contribution < 1.29 is 33.1 Å². The van der Waals surface area contributed by atoms with Crippen molar-refractivity contribution in [1.29, 1.82) is 0 Å². The summed E-state index contributed by atoms with van der Waals surface area (Å²) in [7, 11) is -3.14. The topological polar surface area (TPSA) is 107 Å². The number of phosphoric ester groups is 1. The van der Waals surface area contributed by atoms with Gasteiger partial charge in [-0.05, 0) is 47.6 Å². The predicted molar refractivity (Wildman–Crippen MR) is 110 cm³/mol. The van der Waals surface area contributed by atoms with Gasteiger partial charge >= 0.3 is 7.82 Å². The Hall–Kier alpha value is -2.23. The lowest BCUT2D eigenvalue weighted by atomic mass is 10.0. The molecule has 0 aliphatic carbocycles. The lowest BCUT2D eigenvalue weighted by molar-refractivity contribution is 0.171. The van der Waals surface area contributed by atoms with Crippen LogP contribution < -0.4 is 18.7 Å². The average molecular weight is 453 g/mol. The van der Waals surface area contributed by atoms with Crippen LogP contribution in [0, 0.1) is 0 Å². The number of ether oxygens (including phenoxy) is 3. The molecule has 0 radical (unpaired) electrons. The van der Waals surface area contributed by atoms with Crippen LogP contribution in [-0.2, 0) is 4.57 Å². The van der Waals surface area contributed by atoms with Crippen LogP contribution in [0.5, 0.6) is 23.0 Å². The van der Waals surface area contributed by atoms with Crippen molar-refractivity contribution in [3.8, 4) is 45.4 Å². The number of hydrogen-bond acceptors (Lipinski definition) is 8. The van der Waals surface area contributed by atoms with Gasteiger partial charge in [-0.2, -0.15) is 4.37 Å². The number of phosphoric acid groups is 1. The molecule has 1 aliphatic heterocycles. The first-order valence-electron chi connectivity index (χ1n) is 8.25. The van der Waals surface area contributed by atoms with Crippen LogP contribution in [0.15, 0.2) is 40.6 Å². The molecule has 0 unspecified atom stereocenters. The van der Waals surface area contributed by atoms with E-state index in [0.717, 1.165) is 11.1 Å². The number of rotatable bonds is 6. The number of methoxy groups -OCH3 is 1. The second kappa shape index (κ2) is 7.89. The SMILES string of the molecule is COc1cc(-c2nscc2-c2ccc(SC)c(OP(=O)(O)O)c2)cc2c1OCO2. The first-order chi connectivity index (χ1) is 13.9. The fourth-order valence-corrected chi connectivity index (χ4v) is 4.65. The molecule has 2 heterocycles. The Labute approximate surface area is 174 Å². The van der Waals surface area contributed by atoms with Gasteiger partial charge in [-0.15, -0.1) is 11.8 Å². The Bertz CT molecular complexity index is 1110. The molecule has 2 N–H and O–H groups in total. The normalized spacial score (nSPS) is 12.8. The molecule has 4 rings (SSSR count). The third-order valence-electron chi connectivity index (χ3n) is 4.19. The number of nitrogens with zero attached hydrogens (tertiary/aromatic N) is 1. The minimum Gasteiger partial charge on any atom is -0.493 e. The average Bonchev–Trinajstić information content (AvgIpc) is 3.35. The van der Waals surface area contributed by atoms with Gasteiger partial charge in [0.25, 0.3) is 0 Å². The van der Waals surface area contributed by atoms with E-state index in [9.17, 15) is 14.4 Å². The molecular formula is C18H16NO7PS2. The summed E-state index contributed by atoms with van der Waals surface area (Å²) in [5.41, 5.74) is 2.96. The van der Waals surface area contributed by atoms with Crippen molar-refractivity contribution >= 4 is 31.1 Å². The molecule has 0 fully saturated rings. The summed E-state index contributed by atoms with van der Waals surface area (Å²) in [6.07, 6.45) is 1.80. The second-order valence-corrected chi connectivity index (χ2v) is 8.58. The Balaban J connectivity index is 1.80. The van der Waals surface area contributed by atoms with E-state index < -0.39 is 7.82 Å². The molecule has 0 saturated heterocycles. The highest BCUT2D eigenvalue weighted by molar-refractivity contribution is 7.98. The Morgan fingerprint density at radius 3 is 2.69 bits per heavy atom. The highest BCUT2D eigenvalue weighted by atomic mass is 32.2. The van der Waals surface area contributed by atoms with Crippen molar-refractivity contribution in [2.75, 3.05) is 20.2 Å². The van der Waals surface area contributed by atoms with Crippen molar-refractivity contribution in [3.05, 3.63) is 35.7 Å². The van der Waals surface area contributed by atoms with Crippen molar-refractivity contribution in [1.82, 2.24) is 4.37 Å². The summed E-state index contributed by atoms with van der Waals surface area (Å²) < 4.78 is 37.1. The number of thioether (sulfide) groups is 1. The maximum absolute atomic E-state index is 11.3. The molecule has 8 nitrogen and oxygen atoms in total. The van der Waals surface area contributed by atoms with Gasteiger partial charge in [0.1, 0.15) is 5.75 Å². The Morgan fingerprint density at radius 2 is 1.97 bits per heavy atom. The third-order valence-corrected chi connectivity index (χ3v) is 6.03. The first kappa shape index (κ1) is 20.1. The largest absolute Gasteiger partial charge is 0.524 e. The lowest BCUT2D eigenvalue weighted by Gasteiger charge is -2.13. The standard InChI is InChI=1S/C18H16NO7PS2/c1-23-14-6-11(7-15-18(14)25-9-24-15)17-12(8-29-19-17)10-3-4-16(28-2)13(5-10)26-27(20,21)22/h3-8H,9H2,1-2H3,(H2,20,21,22). The number of hydrogen-bond donors (Lipinski definition) is 2. The van der Waals surface area contributed by atoms with E-state index in [1.165, 1.54) is 23.3 Å². The van der Waals surface area contributed by atoms with E-state index in [4.69, 9.17) is 18.7 Å². The molecule has 152 valence electrons. The smallest absolute Gasteiger partial charge is 0.493 e. The highest BCUT2D eigenvalue weighted by Crippen LogP contribution is 2.47. The zero-order valence-electron chi connectivity index (χ0n) is 15.3. The molecule has 1 aliphatic rings. The zero-order valence-corrected chi connectivity index (χ0v) is 17.8. The minimum absolute atomic E-state index is 0.115. The van der Waals surface area contributed by atoms with Crippen LogP contribution in [0.4, 0.5) is 0 Å². The van der Waals surface area contributed by atoms with Crippen molar-refractivity contribution in [3.63, 3.8) is 0 Å². The fourth-order valence-electron chi connectivity index (χ4n) is 2.96. The highest BCUT2D eigenvalue weighted by Gasteiger charge is 2.24. The number of aromatic nitrogens is 1. The number of benzene rings is 2. The molecule has 11 heteroatoms. The molecular weight excluding hydrogens is 437 g/mol. The van der Waals surface area contributed by atoms with Crippen LogP contribution >= 0.6 is 31.1 Å². The van der Waals surface area contributed by atoms with Gasteiger partial charge in [-0.1, -0.05) is 6.07 Å². The van der Waals surface area contributed by atoms with Crippen molar-refractivity contribution in [2.24, 2.45) is 0 Å². The summed E-state index contributed by atoms with van der Waals surface area (Å²) in [6, 6.07) is 8.85. The molecule has 29 heavy (non-hydrogen) atoms. The van der Waals surface area contributed by atoms with E-state index in [-0.39, 0.29) is 12.5 Å². The van der Waals surface area contributed by atoms with E-state index in [1.807, 2.05) is 23.6 Å². The van der Waals surface area contributed by atoms with Gasteiger partial charge in [-0.3, -0.25) is 9.79 Å². The monoisotopic (exact) mass is 453 g/mol. The van der Waals surface area contributed by atoms with Gasteiger partial charge in [-0.25, -0.2) is 4.57 Å². The van der Waals surface area contributed by atoms with Crippen LogP contribution in [0.25, 0.3) is 22.4 Å². The third kappa shape index (κ3) is 4.08. The summed E-state index contributed by atoms with van der Waals surface area (Å²) >= 11 is 2.60. The van der Waals surface area contributed by atoms with Crippen LogP contribution in [0.1, 0.15) is 0 Å². The maximum Gasteiger partial charge on any atom is 0.524 e. The Morgan fingerprint density at radius 1 is 1.17 bits per heavy atom. The summed E-state index contributed by atoms with van der Waals surface area (Å²) in [5.74, 6) is 1.78. The molecule has 1 aromatic heterocycles. The van der Waals surface area contributed by atoms with E-state index in [1.54, 1.807) is 25.5 Å². The van der Waals surface area contributed by atoms with Crippen molar-refractivity contribution in [2.45, 2.75) is 4.90 Å². The van der Waals surface area contributed by atoms with Crippen LogP contribution in [0.3, 0.4) is 0 Å². The summed E-state index contributed by atoms with van der Waals surface area (Å²) in [5, 5.41) is 1.86. The lowest BCUT2D eigenvalue weighted by Crippen LogP contribution is -1.93. The van der Waals surface area contributed by atoms with E-state index in [2.05, 4.69) is 4.37 Å². The summed E-state index contributed by atoms with van der Waals surface area (Å²) in [6.45, 7) is 0.123. The Kier molecular flexibility index (Phi) is 5.46. The van der Waals surface area contributed by atoms with Gasteiger partial charge in [0.05, 0.1) is 12.8 Å². The molecule has 0 bridgehead atoms. The molecule has 0 spiro atoms. The zero-order chi connectivity index (χ0) is 20.6. The maximum atomic E-state index is 11.3. The van der Waals surface area contributed by atoms with E-state index in [0.29, 0.717) is 33.4 Å². The number of fused-ring (bicyclic) bond motifs is 1. The quantitative estimate of drug-likeness (QED) is 0.415. The molecule has 2 aromatic carbocycles. The van der Waals surface area contributed by atoms with Crippen LogP contribution in [0.2, 0.25) is 0 Å².